The summed E-state index contributed by atoms with van der Waals surface area (Å²) >= 11 is 0. The van der Waals surface area contributed by atoms with Gasteiger partial charge < -0.3 is 5.11 Å². The molecule has 9 heavy (non-hydrogen) atoms. The number of hydrogen-bond donors (Lipinski definition) is 1. The van der Waals surface area contributed by atoms with Gasteiger partial charge in [-0.15, -0.1) is 0 Å². The Bertz CT molecular complexity index is 185. The van der Waals surface area contributed by atoms with E-state index in [1.165, 1.54) is 18.4 Å². The van der Waals surface area contributed by atoms with E-state index in [9.17, 15) is 0 Å². The lowest BCUT2D eigenvalue weighted by Gasteiger charge is -2.05. The minimum atomic E-state index is 0.243. The lowest BCUT2D eigenvalue weighted by molar-refractivity contribution is 0.318. The Morgan fingerprint density at radius 2 is 2.33 bits per heavy atom. The fraction of sp³-hybridized carbons (Fsp3) is 0.500. The second kappa shape index (κ2) is 1.48. The summed E-state index contributed by atoms with van der Waals surface area (Å²) in [5.74, 6) is 0. The summed E-state index contributed by atoms with van der Waals surface area (Å²) in [5, 5.41) is 8.83. The van der Waals surface area contributed by atoms with Gasteiger partial charge in [0, 0.05) is 5.41 Å². The summed E-state index contributed by atoms with van der Waals surface area (Å²) in [5.41, 5.74) is 1.55. The average Bonchev–Trinajstić information content (AvgIpc) is 2.45. The van der Waals surface area contributed by atoms with Gasteiger partial charge in [0.1, 0.15) is 0 Å². The van der Waals surface area contributed by atoms with Gasteiger partial charge in [-0.2, -0.15) is 0 Å². The predicted molar refractivity (Wildman–Crippen MR) is 36.0 cm³/mol. The largest absolute Gasteiger partial charge is 0.392 e. The van der Waals surface area contributed by atoms with Gasteiger partial charge in [0.15, 0.2) is 0 Å². The molecule has 0 radical (unpaired) electrons. The van der Waals surface area contributed by atoms with Crippen LogP contribution in [0.25, 0.3) is 0 Å². The zero-order valence-electron chi connectivity index (χ0n) is 5.30. The lowest BCUT2D eigenvalue weighted by Crippen LogP contribution is -2.00. The predicted octanol–water partition coefficient (Wildman–Crippen LogP) is 1.26. The summed E-state index contributed by atoms with van der Waals surface area (Å²) in [6, 6.07) is 0. The smallest absolute Gasteiger partial charge is 0.0653 e. The molecule has 48 valence electrons. The van der Waals surface area contributed by atoms with Crippen molar-refractivity contribution < 1.29 is 5.11 Å². The van der Waals surface area contributed by atoms with E-state index in [2.05, 4.69) is 12.2 Å². The van der Waals surface area contributed by atoms with Gasteiger partial charge in [0.05, 0.1) is 6.61 Å². The van der Waals surface area contributed by atoms with Crippen molar-refractivity contribution in [1.82, 2.24) is 0 Å². The van der Waals surface area contributed by atoms with E-state index in [-0.39, 0.29) is 6.61 Å². The summed E-state index contributed by atoms with van der Waals surface area (Å²) < 4.78 is 0. The molecule has 0 saturated heterocycles. The Hall–Kier alpha value is -0.560. The van der Waals surface area contributed by atoms with Crippen LogP contribution in [0.4, 0.5) is 0 Å². The van der Waals surface area contributed by atoms with Crippen LogP contribution in [-0.4, -0.2) is 11.7 Å². The van der Waals surface area contributed by atoms with E-state index in [0.717, 1.165) is 0 Å². The number of allylic oxidation sites excluding steroid dienone is 3. The quantitative estimate of drug-likeness (QED) is 0.555. The van der Waals surface area contributed by atoms with Crippen molar-refractivity contribution in [3.63, 3.8) is 0 Å². The van der Waals surface area contributed by atoms with Gasteiger partial charge in [-0.3, -0.25) is 0 Å². The van der Waals surface area contributed by atoms with Gasteiger partial charge in [0.25, 0.3) is 0 Å². The van der Waals surface area contributed by atoms with Crippen LogP contribution >= 0.6 is 0 Å². The molecule has 1 saturated carbocycles. The van der Waals surface area contributed by atoms with Crippen LogP contribution in [0.2, 0.25) is 0 Å². The summed E-state index contributed by atoms with van der Waals surface area (Å²) in [6.45, 7) is 0.243. The molecule has 0 aliphatic heterocycles. The maximum Gasteiger partial charge on any atom is 0.0653 e. The lowest BCUT2D eigenvalue weighted by atomic mass is 10.0. The number of rotatable bonds is 1. The van der Waals surface area contributed by atoms with Gasteiger partial charge >= 0.3 is 0 Å². The van der Waals surface area contributed by atoms with Crippen LogP contribution < -0.4 is 0 Å². The fourth-order valence-corrected chi connectivity index (χ4v) is 1.45. The summed E-state index contributed by atoms with van der Waals surface area (Å²) in [6.07, 6.45) is 8.79. The molecule has 0 aromatic rings. The van der Waals surface area contributed by atoms with Crippen LogP contribution in [0.15, 0.2) is 23.8 Å². The third-order valence-corrected chi connectivity index (χ3v) is 2.31. The van der Waals surface area contributed by atoms with Crippen LogP contribution in [0.3, 0.4) is 0 Å². The molecule has 1 heteroatoms. The minimum absolute atomic E-state index is 0.243. The summed E-state index contributed by atoms with van der Waals surface area (Å²) in [7, 11) is 0. The van der Waals surface area contributed by atoms with Crippen LogP contribution in [-0.2, 0) is 0 Å². The maximum atomic E-state index is 8.83. The van der Waals surface area contributed by atoms with E-state index in [4.69, 9.17) is 5.11 Å². The van der Waals surface area contributed by atoms with Crippen molar-refractivity contribution in [3.05, 3.63) is 23.8 Å². The SMILES string of the molecule is OCC1=CC=CC12CC2. The van der Waals surface area contributed by atoms with Gasteiger partial charge in [-0.1, -0.05) is 18.2 Å². The molecule has 0 aromatic carbocycles. The standard InChI is InChI=1S/C8H10O/c9-6-7-2-1-3-8(7)4-5-8/h1-3,9H,4-6H2. The maximum absolute atomic E-state index is 8.83. The molecule has 1 nitrogen and oxygen atoms in total. The molecule has 1 N–H and O–H groups in total. The van der Waals surface area contributed by atoms with E-state index in [1.807, 2.05) is 6.08 Å². The first kappa shape index (κ1) is 5.24. The first-order valence-electron chi connectivity index (χ1n) is 3.37. The molecule has 0 bridgehead atoms. The average molecular weight is 122 g/mol. The zero-order valence-corrected chi connectivity index (χ0v) is 5.30. The monoisotopic (exact) mass is 122 g/mol. The van der Waals surface area contributed by atoms with Crippen molar-refractivity contribution in [2.75, 3.05) is 6.61 Å². The normalized spacial score (nSPS) is 27.0. The first-order chi connectivity index (χ1) is 4.37. The second-order valence-corrected chi connectivity index (χ2v) is 2.87. The number of aliphatic hydroxyl groups is 1. The van der Waals surface area contributed by atoms with Crippen LogP contribution in [0.5, 0.6) is 0 Å². The third-order valence-electron chi connectivity index (χ3n) is 2.31. The van der Waals surface area contributed by atoms with Gasteiger partial charge in [-0.25, -0.2) is 0 Å². The molecule has 0 unspecified atom stereocenters. The van der Waals surface area contributed by atoms with E-state index < -0.39 is 0 Å². The molecule has 0 atom stereocenters. The van der Waals surface area contributed by atoms with Crippen LogP contribution in [0.1, 0.15) is 12.8 Å². The fourth-order valence-electron chi connectivity index (χ4n) is 1.45. The van der Waals surface area contributed by atoms with Crippen LogP contribution in [0, 0.1) is 5.41 Å². The molecule has 0 aromatic heterocycles. The topological polar surface area (TPSA) is 20.2 Å². The number of hydrogen-bond acceptors (Lipinski definition) is 1. The molecular formula is C8H10O. The molecule has 0 amide bonds. The Balaban J connectivity index is 2.26. The van der Waals surface area contributed by atoms with E-state index in [1.54, 1.807) is 0 Å². The first-order valence-corrected chi connectivity index (χ1v) is 3.37. The molecule has 2 aliphatic rings. The van der Waals surface area contributed by atoms with Crippen molar-refractivity contribution in [2.24, 2.45) is 5.41 Å². The third kappa shape index (κ3) is 0.583. The highest BCUT2D eigenvalue weighted by atomic mass is 16.3. The zero-order chi connectivity index (χ0) is 6.32. The Morgan fingerprint density at radius 1 is 1.56 bits per heavy atom. The highest BCUT2D eigenvalue weighted by Crippen LogP contribution is 2.55. The van der Waals surface area contributed by atoms with Gasteiger partial charge in [-0.05, 0) is 18.4 Å². The Morgan fingerprint density at radius 3 is 2.78 bits per heavy atom. The van der Waals surface area contributed by atoms with Crippen molar-refractivity contribution in [1.29, 1.82) is 0 Å². The Kier molecular flexibility index (Phi) is 0.862. The van der Waals surface area contributed by atoms with Crippen molar-refractivity contribution >= 4 is 0 Å². The molecule has 1 spiro atoms. The number of aliphatic hydroxyl groups excluding tert-OH is 1. The van der Waals surface area contributed by atoms with E-state index >= 15 is 0 Å². The molecule has 0 heterocycles. The highest BCUT2D eigenvalue weighted by molar-refractivity contribution is 5.39. The molecular weight excluding hydrogens is 112 g/mol. The highest BCUT2D eigenvalue weighted by Gasteiger charge is 2.44. The molecule has 2 rings (SSSR count). The second-order valence-electron chi connectivity index (χ2n) is 2.87. The van der Waals surface area contributed by atoms with E-state index in [0.29, 0.717) is 5.41 Å². The molecule has 1 fully saturated rings. The summed E-state index contributed by atoms with van der Waals surface area (Å²) in [4.78, 5) is 0. The van der Waals surface area contributed by atoms with Gasteiger partial charge in [0.2, 0.25) is 0 Å². The van der Waals surface area contributed by atoms with Crippen molar-refractivity contribution in [2.45, 2.75) is 12.8 Å². The Labute approximate surface area is 54.7 Å². The van der Waals surface area contributed by atoms with Crippen molar-refractivity contribution in [3.8, 4) is 0 Å². The molecule has 2 aliphatic carbocycles. The minimum Gasteiger partial charge on any atom is -0.392 e.